The summed E-state index contributed by atoms with van der Waals surface area (Å²) >= 11 is 0. The largest absolute Gasteiger partial charge is 0.459 e. The molecule has 2 fully saturated rings. The summed E-state index contributed by atoms with van der Waals surface area (Å²) in [5, 5.41) is 3.41. The van der Waals surface area contributed by atoms with Crippen LogP contribution in [0.25, 0.3) is 0 Å². The van der Waals surface area contributed by atoms with Gasteiger partial charge in [0, 0.05) is 31.9 Å². The van der Waals surface area contributed by atoms with Crippen molar-refractivity contribution in [3.05, 3.63) is 58.5 Å². The highest BCUT2D eigenvalue weighted by atomic mass is 19.1. The minimum Gasteiger partial charge on any atom is -0.459 e. The number of aromatic nitrogens is 1. The Balaban J connectivity index is 1.21. The fraction of sp³-hybridized carbons (Fsp3) is 0.647. The summed E-state index contributed by atoms with van der Waals surface area (Å²) in [6.07, 6.45) is 7.53. The summed E-state index contributed by atoms with van der Waals surface area (Å²) in [6, 6.07) is 8.38. The number of anilines is 1. The number of ether oxygens (including phenoxy) is 3. The van der Waals surface area contributed by atoms with Crippen LogP contribution in [0.1, 0.15) is 108 Å². The zero-order valence-electron chi connectivity index (χ0n) is 26.0. The van der Waals surface area contributed by atoms with Gasteiger partial charge in [-0.3, -0.25) is 4.90 Å². The molecule has 1 aromatic heterocycles. The zero-order valence-corrected chi connectivity index (χ0v) is 26.0. The number of fused-ring (bicyclic) bond motifs is 1. The van der Waals surface area contributed by atoms with E-state index in [1.165, 1.54) is 24.1 Å². The van der Waals surface area contributed by atoms with E-state index in [2.05, 4.69) is 36.2 Å². The number of likely N-dealkylation sites (tertiary alicyclic amines) is 1. The third kappa shape index (κ3) is 7.88. The lowest BCUT2D eigenvalue weighted by Gasteiger charge is -2.32. The Kier molecular flexibility index (Phi) is 9.55. The molecule has 230 valence electrons. The number of nitrogens with one attached hydrogen (secondary N) is 1. The molecule has 5 rings (SSSR count). The lowest BCUT2D eigenvalue weighted by Crippen LogP contribution is -2.38. The van der Waals surface area contributed by atoms with E-state index in [0.29, 0.717) is 25.3 Å². The van der Waals surface area contributed by atoms with Crippen LogP contribution in [0.3, 0.4) is 0 Å². The van der Waals surface area contributed by atoms with Crippen LogP contribution < -0.4 is 5.32 Å². The van der Waals surface area contributed by atoms with Gasteiger partial charge >= 0.3 is 5.97 Å². The predicted molar refractivity (Wildman–Crippen MR) is 162 cm³/mol. The molecular weight excluding hydrogens is 533 g/mol. The molecule has 0 spiro atoms. The second-order valence-electron chi connectivity index (χ2n) is 13.7. The number of unbranched alkanes of at least 4 members (excludes halogenated alkanes) is 1. The standard InChI is InChI=1S/C34H48FN3O4/c1-33(2,3)42-32(39)30(28-21-24(35)12-14-27(28)29-15-17-34(4,5)41-29)38-19-16-26(22-38)40-20-7-6-10-25-13-11-23-9-8-18-36-31(23)37-25/h11-14,21,26,29-30H,6-10,15-20,22H2,1-5H3,(H,36,37). The lowest BCUT2D eigenvalue weighted by molar-refractivity contribution is -0.161. The Bertz CT molecular complexity index is 1240. The fourth-order valence-electron chi connectivity index (χ4n) is 6.40. The van der Waals surface area contributed by atoms with Gasteiger partial charge < -0.3 is 19.5 Å². The normalized spacial score (nSPS) is 22.9. The van der Waals surface area contributed by atoms with Gasteiger partial charge in [-0.15, -0.1) is 0 Å². The third-order valence-corrected chi connectivity index (χ3v) is 8.46. The molecule has 3 aliphatic heterocycles. The quantitative estimate of drug-likeness (QED) is 0.247. The average molecular weight is 582 g/mol. The maximum atomic E-state index is 14.7. The van der Waals surface area contributed by atoms with Crippen molar-refractivity contribution in [1.82, 2.24) is 9.88 Å². The summed E-state index contributed by atoms with van der Waals surface area (Å²) in [4.78, 5) is 20.6. The molecule has 42 heavy (non-hydrogen) atoms. The fourth-order valence-corrected chi connectivity index (χ4v) is 6.40. The van der Waals surface area contributed by atoms with E-state index in [0.717, 1.165) is 68.6 Å². The molecule has 0 radical (unpaired) electrons. The van der Waals surface area contributed by atoms with Crippen LogP contribution in [-0.4, -0.2) is 59.4 Å². The Labute approximate surface area is 250 Å². The number of benzene rings is 1. The van der Waals surface area contributed by atoms with Crippen molar-refractivity contribution in [2.24, 2.45) is 0 Å². The van der Waals surface area contributed by atoms with Gasteiger partial charge in [-0.05, 0) is 121 Å². The van der Waals surface area contributed by atoms with Gasteiger partial charge in [0.25, 0.3) is 0 Å². The molecule has 2 aromatic rings. The van der Waals surface area contributed by atoms with Crippen LogP contribution in [0, 0.1) is 5.82 Å². The number of esters is 1. The van der Waals surface area contributed by atoms with Crippen LogP contribution in [0.15, 0.2) is 30.3 Å². The molecule has 1 aromatic carbocycles. The van der Waals surface area contributed by atoms with Gasteiger partial charge in [-0.1, -0.05) is 12.1 Å². The highest BCUT2D eigenvalue weighted by Gasteiger charge is 2.41. The number of aryl methyl sites for hydroxylation is 2. The van der Waals surface area contributed by atoms with Crippen molar-refractivity contribution in [2.75, 3.05) is 31.6 Å². The highest BCUT2D eigenvalue weighted by molar-refractivity contribution is 5.79. The number of rotatable bonds is 10. The van der Waals surface area contributed by atoms with Gasteiger partial charge in [0.15, 0.2) is 0 Å². The third-order valence-electron chi connectivity index (χ3n) is 8.46. The predicted octanol–water partition coefficient (Wildman–Crippen LogP) is 6.71. The molecule has 4 heterocycles. The average Bonchev–Trinajstić information content (AvgIpc) is 3.53. The second kappa shape index (κ2) is 13.0. The maximum absolute atomic E-state index is 14.7. The molecule has 3 unspecified atom stereocenters. The first-order valence-corrected chi connectivity index (χ1v) is 15.8. The number of hydrogen-bond donors (Lipinski definition) is 1. The van der Waals surface area contributed by atoms with Crippen molar-refractivity contribution in [3.63, 3.8) is 0 Å². The van der Waals surface area contributed by atoms with Crippen molar-refractivity contribution in [1.29, 1.82) is 0 Å². The molecule has 0 aliphatic carbocycles. The number of carbonyl (C=O) groups excluding carboxylic acids is 1. The van der Waals surface area contributed by atoms with E-state index in [-0.39, 0.29) is 29.6 Å². The molecule has 2 saturated heterocycles. The van der Waals surface area contributed by atoms with Gasteiger partial charge in [-0.2, -0.15) is 0 Å². The van der Waals surface area contributed by atoms with E-state index < -0.39 is 11.6 Å². The number of halogens is 1. The van der Waals surface area contributed by atoms with Gasteiger partial charge in [0.1, 0.15) is 23.3 Å². The van der Waals surface area contributed by atoms with Crippen LogP contribution in [0.2, 0.25) is 0 Å². The Morgan fingerprint density at radius 2 is 2.05 bits per heavy atom. The number of carbonyl (C=O) groups is 1. The molecule has 3 aliphatic rings. The van der Waals surface area contributed by atoms with Crippen molar-refractivity contribution >= 4 is 11.8 Å². The Morgan fingerprint density at radius 3 is 2.81 bits per heavy atom. The van der Waals surface area contributed by atoms with E-state index in [1.54, 1.807) is 6.07 Å². The van der Waals surface area contributed by atoms with Crippen LogP contribution >= 0.6 is 0 Å². The monoisotopic (exact) mass is 581 g/mol. The molecule has 0 saturated carbocycles. The van der Waals surface area contributed by atoms with Crippen LogP contribution in [0.5, 0.6) is 0 Å². The number of hydrogen-bond acceptors (Lipinski definition) is 7. The van der Waals surface area contributed by atoms with Crippen LogP contribution in [0.4, 0.5) is 10.2 Å². The van der Waals surface area contributed by atoms with Crippen molar-refractivity contribution in [2.45, 2.75) is 115 Å². The van der Waals surface area contributed by atoms with Crippen molar-refractivity contribution < 1.29 is 23.4 Å². The van der Waals surface area contributed by atoms with E-state index in [1.807, 2.05) is 20.8 Å². The topological polar surface area (TPSA) is 72.9 Å². The smallest absolute Gasteiger partial charge is 0.328 e. The van der Waals surface area contributed by atoms with Gasteiger partial charge in [0.2, 0.25) is 0 Å². The lowest BCUT2D eigenvalue weighted by atomic mass is 9.93. The first-order valence-electron chi connectivity index (χ1n) is 15.8. The Morgan fingerprint density at radius 1 is 1.21 bits per heavy atom. The van der Waals surface area contributed by atoms with E-state index >= 15 is 0 Å². The van der Waals surface area contributed by atoms with Crippen LogP contribution in [-0.2, 0) is 31.8 Å². The van der Waals surface area contributed by atoms with E-state index in [4.69, 9.17) is 19.2 Å². The molecule has 7 nitrogen and oxygen atoms in total. The minimum absolute atomic E-state index is 0.0136. The SMILES string of the molecule is CC(C)(C)OC(=O)C(c1cc(F)ccc1C1CCC(C)(C)O1)N1CCC(OCCCCc2ccc3c(n2)NCCC3)C1. The molecule has 1 N–H and O–H groups in total. The van der Waals surface area contributed by atoms with Gasteiger partial charge in [0.05, 0.1) is 17.8 Å². The maximum Gasteiger partial charge on any atom is 0.328 e. The number of nitrogens with zero attached hydrogens (tertiary/aromatic N) is 2. The zero-order chi connectivity index (χ0) is 29.9. The summed E-state index contributed by atoms with van der Waals surface area (Å²) in [7, 11) is 0. The first kappa shape index (κ1) is 30.9. The number of pyridine rings is 1. The first-order chi connectivity index (χ1) is 20.0. The van der Waals surface area contributed by atoms with E-state index in [9.17, 15) is 9.18 Å². The summed E-state index contributed by atoms with van der Waals surface area (Å²) in [5.41, 5.74) is 3.03. The minimum atomic E-state index is -0.723. The molecule has 0 amide bonds. The van der Waals surface area contributed by atoms with Gasteiger partial charge in [-0.25, -0.2) is 14.2 Å². The molecule has 8 heteroatoms. The highest BCUT2D eigenvalue weighted by Crippen LogP contribution is 2.43. The Hall–Kier alpha value is -2.55. The summed E-state index contributed by atoms with van der Waals surface area (Å²) < 4.78 is 33.2. The summed E-state index contributed by atoms with van der Waals surface area (Å²) in [5.74, 6) is 0.320. The molecule has 3 atom stereocenters. The molecular formula is C34H48FN3O4. The summed E-state index contributed by atoms with van der Waals surface area (Å²) in [6.45, 7) is 12.7. The second-order valence-corrected chi connectivity index (χ2v) is 13.7. The van der Waals surface area contributed by atoms with Crippen molar-refractivity contribution in [3.8, 4) is 0 Å². The molecule has 0 bridgehead atoms.